The van der Waals surface area contributed by atoms with E-state index in [1.807, 2.05) is 0 Å². The first-order valence-electron chi connectivity index (χ1n) is 9.45. The van der Waals surface area contributed by atoms with Crippen molar-refractivity contribution in [2.45, 2.75) is 85.7 Å². The molecular formula is C20H36O. The maximum Gasteiger partial charge on any atom is 0.0601 e. The van der Waals surface area contributed by atoms with Crippen LogP contribution < -0.4 is 0 Å². The second-order valence-corrected chi connectivity index (χ2v) is 9.72. The van der Waals surface area contributed by atoms with Crippen LogP contribution in [0.1, 0.15) is 79.6 Å². The molecule has 0 spiro atoms. The Morgan fingerprint density at radius 3 is 2.33 bits per heavy atom. The minimum atomic E-state index is -0.0356. The quantitative estimate of drug-likeness (QED) is 0.698. The van der Waals surface area contributed by atoms with Crippen LogP contribution in [-0.4, -0.2) is 11.2 Å². The monoisotopic (exact) mass is 292 g/mol. The van der Waals surface area contributed by atoms with Gasteiger partial charge in [-0.1, -0.05) is 41.0 Å². The van der Waals surface area contributed by atoms with Gasteiger partial charge in [0.1, 0.15) is 0 Å². The van der Waals surface area contributed by atoms with Gasteiger partial charge in [-0.05, 0) is 78.9 Å². The van der Waals surface area contributed by atoms with Gasteiger partial charge >= 0.3 is 0 Å². The number of aliphatic hydroxyl groups is 1. The van der Waals surface area contributed by atoms with Gasteiger partial charge in [0.25, 0.3) is 0 Å². The van der Waals surface area contributed by atoms with Crippen molar-refractivity contribution in [3.05, 3.63) is 0 Å². The molecule has 0 bridgehead atoms. The first kappa shape index (κ1) is 15.8. The number of hydrogen-bond donors (Lipinski definition) is 1. The first-order valence-corrected chi connectivity index (χ1v) is 9.45. The fourth-order valence-corrected chi connectivity index (χ4v) is 6.92. The molecule has 6 atom stereocenters. The Morgan fingerprint density at radius 2 is 1.67 bits per heavy atom. The second-order valence-electron chi connectivity index (χ2n) is 9.72. The van der Waals surface area contributed by atoms with Crippen LogP contribution in [0.15, 0.2) is 0 Å². The predicted molar refractivity (Wildman–Crippen MR) is 89.0 cm³/mol. The number of hydrogen-bond acceptors (Lipinski definition) is 1. The molecule has 122 valence electrons. The Balaban J connectivity index is 1.87. The number of rotatable bonds is 1. The van der Waals surface area contributed by atoms with E-state index in [9.17, 15) is 5.11 Å². The minimum Gasteiger partial charge on any atom is -0.393 e. The molecule has 0 aromatic carbocycles. The van der Waals surface area contributed by atoms with Gasteiger partial charge in [-0.3, -0.25) is 0 Å². The minimum absolute atomic E-state index is 0.0356. The molecule has 3 rings (SSSR count). The summed E-state index contributed by atoms with van der Waals surface area (Å²) in [5, 5.41) is 11.0. The summed E-state index contributed by atoms with van der Waals surface area (Å²) in [6.07, 6.45) is 9.42. The summed E-state index contributed by atoms with van der Waals surface area (Å²) >= 11 is 0. The Hall–Kier alpha value is -0.0400. The van der Waals surface area contributed by atoms with Crippen molar-refractivity contribution in [1.29, 1.82) is 0 Å². The SMILES string of the molecule is CC(C)[C@H]1CC[C@H]2[C@@H](CC[C@H]3C(C)(C)CCC[C@]23C)C1O. The zero-order valence-electron chi connectivity index (χ0n) is 14.9. The van der Waals surface area contributed by atoms with Gasteiger partial charge in [0.15, 0.2) is 0 Å². The summed E-state index contributed by atoms with van der Waals surface area (Å²) in [7, 11) is 0. The summed E-state index contributed by atoms with van der Waals surface area (Å²) in [4.78, 5) is 0. The lowest BCUT2D eigenvalue weighted by Crippen LogP contribution is -2.56. The van der Waals surface area contributed by atoms with Gasteiger partial charge in [0, 0.05) is 0 Å². The normalized spacial score (nSPS) is 49.6. The van der Waals surface area contributed by atoms with E-state index in [0.29, 0.717) is 28.6 Å². The van der Waals surface area contributed by atoms with E-state index >= 15 is 0 Å². The summed E-state index contributed by atoms with van der Waals surface area (Å²) in [6.45, 7) is 12.2. The van der Waals surface area contributed by atoms with Crippen molar-refractivity contribution in [2.24, 2.45) is 40.4 Å². The van der Waals surface area contributed by atoms with Crippen molar-refractivity contribution < 1.29 is 5.11 Å². The van der Waals surface area contributed by atoms with Gasteiger partial charge < -0.3 is 5.11 Å². The van der Waals surface area contributed by atoms with E-state index in [1.165, 1.54) is 44.9 Å². The lowest BCUT2D eigenvalue weighted by atomic mass is 9.43. The van der Waals surface area contributed by atoms with Crippen molar-refractivity contribution in [1.82, 2.24) is 0 Å². The lowest BCUT2D eigenvalue weighted by Gasteiger charge is -2.62. The fourth-order valence-electron chi connectivity index (χ4n) is 6.92. The zero-order valence-corrected chi connectivity index (χ0v) is 14.9. The third-order valence-corrected chi connectivity index (χ3v) is 7.97. The molecule has 0 aliphatic heterocycles. The van der Waals surface area contributed by atoms with Gasteiger partial charge in [-0.15, -0.1) is 0 Å². The van der Waals surface area contributed by atoms with Crippen LogP contribution in [0.2, 0.25) is 0 Å². The molecule has 21 heavy (non-hydrogen) atoms. The Bertz CT molecular complexity index is 385. The number of fused-ring (bicyclic) bond motifs is 3. The topological polar surface area (TPSA) is 20.2 Å². The average molecular weight is 293 g/mol. The van der Waals surface area contributed by atoms with Gasteiger partial charge in [0.05, 0.1) is 6.10 Å². The fraction of sp³-hybridized carbons (Fsp3) is 1.00. The Labute approximate surface area is 131 Å². The second kappa shape index (κ2) is 5.25. The van der Waals surface area contributed by atoms with Crippen LogP contribution in [0.25, 0.3) is 0 Å². The lowest BCUT2D eigenvalue weighted by molar-refractivity contribution is -0.154. The molecule has 3 aliphatic carbocycles. The first-order chi connectivity index (χ1) is 9.77. The summed E-state index contributed by atoms with van der Waals surface area (Å²) < 4.78 is 0. The molecule has 1 unspecified atom stereocenters. The third-order valence-electron chi connectivity index (χ3n) is 7.97. The molecule has 3 aliphatic rings. The summed E-state index contributed by atoms with van der Waals surface area (Å²) in [5.74, 6) is 3.42. The van der Waals surface area contributed by atoms with Crippen LogP contribution in [0.4, 0.5) is 0 Å². The zero-order chi connectivity index (χ0) is 15.4. The van der Waals surface area contributed by atoms with Crippen molar-refractivity contribution >= 4 is 0 Å². The molecule has 3 saturated carbocycles. The summed E-state index contributed by atoms with van der Waals surface area (Å²) in [6, 6.07) is 0. The molecule has 1 heteroatoms. The summed E-state index contributed by atoms with van der Waals surface area (Å²) in [5.41, 5.74) is 1.01. The number of aliphatic hydroxyl groups excluding tert-OH is 1. The molecule has 1 N–H and O–H groups in total. The molecule has 0 radical (unpaired) electrons. The highest BCUT2D eigenvalue weighted by Crippen LogP contribution is 2.64. The van der Waals surface area contributed by atoms with Crippen LogP contribution >= 0.6 is 0 Å². The highest BCUT2D eigenvalue weighted by Gasteiger charge is 2.57. The Kier molecular flexibility index (Phi) is 3.96. The molecule has 0 saturated heterocycles. The Morgan fingerprint density at radius 1 is 0.952 bits per heavy atom. The molecule has 0 aromatic rings. The molecule has 3 fully saturated rings. The van der Waals surface area contributed by atoms with Crippen LogP contribution in [0, 0.1) is 40.4 Å². The van der Waals surface area contributed by atoms with Crippen LogP contribution in [-0.2, 0) is 0 Å². The van der Waals surface area contributed by atoms with E-state index in [-0.39, 0.29) is 6.10 Å². The van der Waals surface area contributed by atoms with Crippen molar-refractivity contribution in [3.8, 4) is 0 Å². The van der Waals surface area contributed by atoms with E-state index < -0.39 is 0 Å². The highest BCUT2D eigenvalue weighted by atomic mass is 16.3. The van der Waals surface area contributed by atoms with E-state index in [1.54, 1.807) is 0 Å². The largest absolute Gasteiger partial charge is 0.393 e. The maximum absolute atomic E-state index is 11.0. The van der Waals surface area contributed by atoms with E-state index in [4.69, 9.17) is 0 Å². The average Bonchev–Trinajstić information content (AvgIpc) is 2.38. The maximum atomic E-state index is 11.0. The molecule has 1 nitrogen and oxygen atoms in total. The molecule has 0 aromatic heterocycles. The van der Waals surface area contributed by atoms with Gasteiger partial charge in [-0.2, -0.15) is 0 Å². The van der Waals surface area contributed by atoms with Gasteiger partial charge in [0.2, 0.25) is 0 Å². The van der Waals surface area contributed by atoms with Crippen LogP contribution in [0.3, 0.4) is 0 Å². The van der Waals surface area contributed by atoms with E-state index in [2.05, 4.69) is 34.6 Å². The van der Waals surface area contributed by atoms with Crippen LogP contribution in [0.5, 0.6) is 0 Å². The third kappa shape index (κ3) is 2.38. The van der Waals surface area contributed by atoms with E-state index in [0.717, 1.165) is 11.8 Å². The molecule has 0 heterocycles. The predicted octanol–water partition coefficient (Wildman–Crippen LogP) is 5.27. The highest BCUT2D eigenvalue weighted by molar-refractivity contribution is 5.06. The smallest absolute Gasteiger partial charge is 0.0601 e. The molecular weight excluding hydrogens is 256 g/mol. The van der Waals surface area contributed by atoms with Crippen molar-refractivity contribution in [2.75, 3.05) is 0 Å². The molecule has 0 amide bonds. The van der Waals surface area contributed by atoms with Crippen molar-refractivity contribution in [3.63, 3.8) is 0 Å². The standard InChI is InChI=1S/C20H36O/c1-13(2)14-7-9-16-15(18(14)21)8-10-17-19(3,4)11-6-12-20(16,17)5/h13-18,21H,6-12H2,1-5H3/t14-,15-,16+,17+,18?,20-/m1/s1. The van der Waals surface area contributed by atoms with Gasteiger partial charge in [-0.25, -0.2) is 0 Å².